The van der Waals surface area contributed by atoms with Gasteiger partial charge in [0.05, 0.1) is 6.04 Å². The zero-order chi connectivity index (χ0) is 8.97. The van der Waals surface area contributed by atoms with Gasteiger partial charge in [-0.2, -0.15) is 4.98 Å². The largest absolute Gasteiger partial charge is 0.396 e. The standard InChI is InChI=1S/C7H13N3O2/c1-5(8)7-9-6(12-10-7)3-2-4-11/h5,11H,2-4,8H2,1H3. The first-order valence-corrected chi connectivity index (χ1v) is 3.93. The first-order chi connectivity index (χ1) is 5.74. The van der Waals surface area contributed by atoms with Crippen LogP contribution in [-0.2, 0) is 6.42 Å². The van der Waals surface area contributed by atoms with Crippen LogP contribution in [0.4, 0.5) is 0 Å². The van der Waals surface area contributed by atoms with Crippen molar-refractivity contribution in [3.8, 4) is 0 Å². The summed E-state index contributed by atoms with van der Waals surface area (Å²) in [6.45, 7) is 1.93. The van der Waals surface area contributed by atoms with E-state index in [1.165, 1.54) is 0 Å². The molecule has 0 aromatic carbocycles. The SMILES string of the molecule is CC(N)c1noc(CCCO)n1. The molecule has 5 heteroatoms. The summed E-state index contributed by atoms with van der Waals surface area (Å²) in [5.74, 6) is 1.05. The fraction of sp³-hybridized carbons (Fsp3) is 0.714. The molecular formula is C7H13N3O2. The molecule has 0 aliphatic rings. The van der Waals surface area contributed by atoms with Gasteiger partial charge in [0.15, 0.2) is 5.82 Å². The van der Waals surface area contributed by atoms with Crippen LogP contribution >= 0.6 is 0 Å². The summed E-state index contributed by atoms with van der Waals surface area (Å²) < 4.78 is 4.88. The Bertz CT molecular complexity index is 234. The van der Waals surface area contributed by atoms with Crippen molar-refractivity contribution in [2.24, 2.45) is 5.73 Å². The smallest absolute Gasteiger partial charge is 0.226 e. The predicted octanol–water partition coefficient (Wildman–Crippen LogP) is 0.0142. The van der Waals surface area contributed by atoms with Gasteiger partial charge in [0.25, 0.3) is 0 Å². The minimum atomic E-state index is -0.198. The van der Waals surface area contributed by atoms with Crippen molar-refractivity contribution in [2.75, 3.05) is 6.61 Å². The molecule has 1 heterocycles. The third kappa shape index (κ3) is 2.28. The Labute approximate surface area is 70.6 Å². The van der Waals surface area contributed by atoms with E-state index in [-0.39, 0.29) is 12.6 Å². The molecular weight excluding hydrogens is 158 g/mol. The van der Waals surface area contributed by atoms with Gasteiger partial charge < -0.3 is 15.4 Å². The van der Waals surface area contributed by atoms with E-state index in [9.17, 15) is 0 Å². The van der Waals surface area contributed by atoms with Crippen molar-refractivity contribution in [1.29, 1.82) is 0 Å². The second-order valence-corrected chi connectivity index (χ2v) is 2.66. The van der Waals surface area contributed by atoms with E-state index in [0.717, 1.165) is 0 Å². The number of hydrogen-bond acceptors (Lipinski definition) is 5. The molecule has 0 fully saturated rings. The second-order valence-electron chi connectivity index (χ2n) is 2.66. The number of hydrogen-bond donors (Lipinski definition) is 2. The van der Waals surface area contributed by atoms with Crippen molar-refractivity contribution in [2.45, 2.75) is 25.8 Å². The fourth-order valence-corrected chi connectivity index (χ4v) is 0.785. The Hall–Kier alpha value is -0.940. The third-order valence-electron chi connectivity index (χ3n) is 1.44. The van der Waals surface area contributed by atoms with Gasteiger partial charge in [-0.25, -0.2) is 0 Å². The number of aliphatic hydroxyl groups is 1. The summed E-state index contributed by atoms with van der Waals surface area (Å²) in [6.07, 6.45) is 1.25. The Balaban J connectivity index is 2.52. The number of rotatable bonds is 4. The molecule has 0 bridgehead atoms. The minimum Gasteiger partial charge on any atom is -0.396 e. The average molecular weight is 171 g/mol. The summed E-state index contributed by atoms with van der Waals surface area (Å²) in [6, 6.07) is -0.198. The van der Waals surface area contributed by atoms with Crippen LogP contribution in [0, 0.1) is 0 Å². The molecule has 0 radical (unpaired) electrons. The first kappa shape index (κ1) is 9.15. The lowest BCUT2D eigenvalue weighted by Crippen LogP contribution is -2.06. The maximum atomic E-state index is 8.53. The van der Waals surface area contributed by atoms with Crippen molar-refractivity contribution in [1.82, 2.24) is 10.1 Å². The molecule has 0 spiro atoms. The normalized spacial score (nSPS) is 13.2. The van der Waals surface area contributed by atoms with Gasteiger partial charge in [-0.15, -0.1) is 0 Å². The summed E-state index contributed by atoms with van der Waals surface area (Å²) in [5, 5.41) is 12.2. The maximum absolute atomic E-state index is 8.53. The van der Waals surface area contributed by atoms with E-state index >= 15 is 0 Å². The molecule has 5 nitrogen and oxygen atoms in total. The highest BCUT2D eigenvalue weighted by Crippen LogP contribution is 2.05. The van der Waals surface area contributed by atoms with Crippen LogP contribution in [0.25, 0.3) is 0 Å². The van der Waals surface area contributed by atoms with E-state index in [1.54, 1.807) is 6.92 Å². The molecule has 0 aliphatic heterocycles. The van der Waals surface area contributed by atoms with Gasteiger partial charge in [0.1, 0.15) is 0 Å². The molecule has 1 atom stereocenters. The summed E-state index contributed by atoms with van der Waals surface area (Å²) in [7, 11) is 0. The average Bonchev–Trinajstić information content (AvgIpc) is 2.48. The zero-order valence-corrected chi connectivity index (χ0v) is 7.03. The van der Waals surface area contributed by atoms with Gasteiger partial charge in [-0.1, -0.05) is 5.16 Å². The van der Waals surface area contributed by atoms with Gasteiger partial charge in [0, 0.05) is 13.0 Å². The first-order valence-electron chi connectivity index (χ1n) is 3.93. The van der Waals surface area contributed by atoms with Crippen LogP contribution in [-0.4, -0.2) is 21.9 Å². The summed E-state index contributed by atoms with van der Waals surface area (Å²) >= 11 is 0. The van der Waals surface area contributed by atoms with Crippen molar-refractivity contribution < 1.29 is 9.63 Å². The predicted molar refractivity (Wildman–Crippen MR) is 42.3 cm³/mol. The summed E-state index contributed by atoms with van der Waals surface area (Å²) in [4.78, 5) is 4.03. The number of nitrogens with two attached hydrogens (primary N) is 1. The highest BCUT2D eigenvalue weighted by molar-refractivity contribution is 4.90. The lowest BCUT2D eigenvalue weighted by atomic mass is 10.3. The number of aromatic nitrogens is 2. The minimum absolute atomic E-state index is 0.135. The number of aliphatic hydroxyl groups excluding tert-OH is 1. The van der Waals surface area contributed by atoms with Crippen LogP contribution in [0.1, 0.15) is 31.1 Å². The Kier molecular flexibility index (Phi) is 3.19. The molecule has 1 unspecified atom stereocenters. The number of aryl methyl sites for hydroxylation is 1. The van der Waals surface area contributed by atoms with E-state index in [4.69, 9.17) is 15.4 Å². The Morgan fingerprint density at radius 2 is 2.42 bits per heavy atom. The fourth-order valence-electron chi connectivity index (χ4n) is 0.785. The van der Waals surface area contributed by atoms with E-state index in [0.29, 0.717) is 24.6 Å². The Morgan fingerprint density at radius 1 is 1.67 bits per heavy atom. The lowest BCUT2D eigenvalue weighted by Gasteiger charge is -1.92. The van der Waals surface area contributed by atoms with E-state index in [2.05, 4.69) is 10.1 Å². The highest BCUT2D eigenvalue weighted by Gasteiger charge is 2.08. The highest BCUT2D eigenvalue weighted by atomic mass is 16.5. The van der Waals surface area contributed by atoms with Crippen molar-refractivity contribution in [3.63, 3.8) is 0 Å². The number of nitrogens with zero attached hydrogens (tertiary/aromatic N) is 2. The molecule has 0 saturated heterocycles. The van der Waals surface area contributed by atoms with E-state index < -0.39 is 0 Å². The van der Waals surface area contributed by atoms with Crippen molar-refractivity contribution >= 4 is 0 Å². The zero-order valence-electron chi connectivity index (χ0n) is 7.03. The van der Waals surface area contributed by atoms with Crippen LogP contribution < -0.4 is 5.73 Å². The van der Waals surface area contributed by atoms with Crippen LogP contribution in [0.15, 0.2) is 4.52 Å². The van der Waals surface area contributed by atoms with Gasteiger partial charge in [-0.3, -0.25) is 0 Å². The molecule has 1 aromatic rings. The molecule has 68 valence electrons. The molecule has 1 aromatic heterocycles. The molecule has 12 heavy (non-hydrogen) atoms. The van der Waals surface area contributed by atoms with Crippen LogP contribution in [0.3, 0.4) is 0 Å². The van der Waals surface area contributed by atoms with Gasteiger partial charge in [-0.05, 0) is 13.3 Å². The Morgan fingerprint density at radius 3 is 2.92 bits per heavy atom. The van der Waals surface area contributed by atoms with Crippen LogP contribution in [0.2, 0.25) is 0 Å². The molecule has 1 rings (SSSR count). The molecule has 3 N–H and O–H groups in total. The quantitative estimate of drug-likeness (QED) is 0.666. The lowest BCUT2D eigenvalue weighted by molar-refractivity contribution is 0.278. The molecule has 0 amide bonds. The molecule has 0 aliphatic carbocycles. The second kappa shape index (κ2) is 4.18. The van der Waals surface area contributed by atoms with Crippen molar-refractivity contribution in [3.05, 3.63) is 11.7 Å². The maximum Gasteiger partial charge on any atom is 0.226 e. The van der Waals surface area contributed by atoms with Crippen LogP contribution in [0.5, 0.6) is 0 Å². The van der Waals surface area contributed by atoms with Gasteiger partial charge in [0.2, 0.25) is 5.89 Å². The topological polar surface area (TPSA) is 85.2 Å². The van der Waals surface area contributed by atoms with E-state index in [1.807, 2.05) is 0 Å². The monoisotopic (exact) mass is 171 g/mol. The third-order valence-corrected chi connectivity index (χ3v) is 1.44. The van der Waals surface area contributed by atoms with Gasteiger partial charge >= 0.3 is 0 Å². The molecule has 0 saturated carbocycles. The summed E-state index contributed by atoms with van der Waals surface area (Å²) in [5.41, 5.74) is 5.52.